The molecule has 9 nitrogen and oxygen atoms in total. The largest absolute Gasteiger partial charge is 0.493 e. The second-order valence-electron chi connectivity index (χ2n) is 8.34. The van der Waals surface area contributed by atoms with Crippen LogP contribution in [0.5, 0.6) is 28.9 Å². The van der Waals surface area contributed by atoms with Gasteiger partial charge in [-0.05, 0) is 29.7 Å². The normalized spacial score (nSPS) is 15.1. The molecule has 0 aliphatic carbocycles. The van der Waals surface area contributed by atoms with Crippen molar-refractivity contribution in [2.24, 2.45) is 0 Å². The Morgan fingerprint density at radius 2 is 1.63 bits per heavy atom. The molecule has 0 spiro atoms. The fourth-order valence-electron chi connectivity index (χ4n) is 4.62. The van der Waals surface area contributed by atoms with Crippen LogP contribution in [-0.2, 0) is 9.53 Å². The van der Waals surface area contributed by atoms with Gasteiger partial charge in [-0.3, -0.25) is 4.79 Å². The zero-order valence-corrected chi connectivity index (χ0v) is 19.5. The molecule has 0 saturated carbocycles. The number of fused-ring (bicyclic) bond motifs is 6. The molecule has 2 aliphatic rings. The third-order valence-electron chi connectivity index (χ3n) is 6.44. The fraction of sp³-hybridized carbons (Fsp3) is 0.308. The Morgan fingerprint density at radius 1 is 0.914 bits per heavy atom. The van der Waals surface area contributed by atoms with E-state index < -0.39 is 0 Å². The topological polar surface area (TPSA) is 88.6 Å². The number of ether oxygens (including phenoxy) is 6. The van der Waals surface area contributed by atoms with Crippen LogP contribution >= 0.6 is 0 Å². The minimum Gasteiger partial charge on any atom is -0.493 e. The van der Waals surface area contributed by atoms with Crippen molar-refractivity contribution in [1.29, 1.82) is 0 Å². The summed E-state index contributed by atoms with van der Waals surface area (Å²) in [5.74, 6) is 2.76. The van der Waals surface area contributed by atoms with Crippen LogP contribution in [-0.4, -0.2) is 69.7 Å². The molecule has 0 atom stereocenters. The first-order valence-electron chi connectivity index (χ1n) is 11.4. The standard InChI is InChI=1S/C26H24N2O7/c1-30-20-11-18-16-4-3-15-9-22-23(35-14-34-22)10-17(15)25(16)27-26(19(18)12-21(20)31-2)33-13-24(29)28-5-7-32-8-6-28/h3-4,9-12H,5-8,13-14H2,1-2H3. The number of nitrogens with zero attached hydrogens (tertiary/aromatic N) is 2. The summed E-state index contributed by atoms with van der Waals surface area (Å²) in [6, 6.07) is 11.7. The maximum Gasteiger partial charge on any atom is 0.260 e. The maximum atomic E-state index is 12.8. The lowest BCUT2D eigenvalue weighted by atomic mass is 10.0. The average molecular weight is 476 g/mol. The van der Waals surface area contributed by atoms with Crippen LogP contribution in [0.4, 0.5) is 0 Å². The molecule has 0 unspecified atom stereocenters. The highest BCUT2D eigenvalue weighted by Gasteiger charge is 2.21. The van der Waals surface area contributed by atoms with Gasteiger partial charge >= 0.3 is 0 Å². The Labute approximate surface area is 201 Å². The van der Waals surface area contributed by atoms with Crippen molar-refractivity contribution in [2.45, 2.75) is 0 Å². The van der Waals surface area contributed by atoms with Gasteiger partial charge in [0.15, 0.2) is 29.6 Å². The molecule has 1 saturated heterocycles. The molecule has 3 aromatic carbocycles. The van der Waals surface area contributed by atoms with Gasteiger partial charge < -0.3 is 33.3 Å². The maximum absolute atomic E-state index is 12.8. The minimum absolute atomic E-state index is 0.106. The lowest BCUT2D eigenvalue weighted by molar-refractivity contribution is -0.137. The molecule has 4 aromatic rings. The Kier molecular flexibility index (Phi) is 5.33. The Bertz CT molecular complexity index is 1460. The number of aromatic nitrogens is 1. The first-order valence-corrected chi connectivity index (χ1v) is 11.4. The highest BCUT2D eigenvalue weighted by Crippen LogP contribution is 2.43. The van der Waals surface area contributed by atoms with Crippen molar-refractivity contribution in [3.05, 3.63) is 36.4 Å². The molecule has 0 N–H and O–H groups in total. The van der Waals surface area contributed by atoms with Crippen molar-refractivity contribution in [3.8, 4) is 28.9 Å². The summed E-state index contributed by atoms with van der Waals surface area (Å²) in [5.41, 5.74) is 0.731. The highest BCUT2D eigenvalue weighted by molar-refractivity contribution is 6.17. The molecule has 35 heavy (non-hydrogen) atoms. The van der Waals surface area contributed by atoms with Gasteiger partial charge in [-0.1, -0.05) is 12.1 Å². The molecule has 180 valence electrons. The van der Waals surface area contributed by atoms with Crippen LogP contribution in [0.25, 0.3) is 32.4 Å². The summed E-state index contributed by atoms with van der Waals surface area (Å²) in [6.07, 6.45) is 0. The minimum atomic E-state index is -0.126. The van der Waals surface area contributed by atoms with Crippen LogP contribution in [0, 0.1) is 0 Å². The zero-order valence-electron chi connectivity index (χ0n) is 19.5. The van der Waals surface area contributed by atoms with E-state index in [2.05, 4.69) is 0 Å². The third-order valence-corrected chi connectivity index (χ3v) is 6.44. The predicted molar refractivity (Wildman–Crippen MR) is 129 cm³/mol. The number of carbonyl (C=O) groups is 1. The van der Waals surface area contributed by atoms with Crippen molar-refractivity contribution in [1.82, 2.24) is 9.88 Å². The first-order chi connectivity index (χ1) is 17.2. The average Bonchev–Trinajstić information content (AvgIpc) is 3.37. The Morgan fingerprint density at radius 3 is 2.37 bits per heavy atom. The second-order valence-corrected chi connectivity index (χ2v) is 8.34. The van der Waals surface area contributed by atoms with Gasteiger partial charge in [-0.25, -0.2) is 4.98 Å². The van der Waals surface area contributed by atoms with Gasteiger partial charge in [0, 0.05) is 34.6 Å². The van der Waals surface area contributed by atoms with E-state index in [-0.39, 0.29) is 19.3 Å². The monoisotopic (exact) mass is 476 g/mol. The van der Waals surface area contributed by atoms with Crippen molar-refractivity contribution in [3.63, 3.8) is 0 Å². The number of carbonyl (C=O) groups excluding carboxylic acids is 1. The van der Waals surface area contributed by atoms with E-state index in [1.165, 1.54) is 0 Å². The van der Waals surface area contributed by atoms with Crippen LogP contribution in [0.3, 0.4) is 0 Å². The van der Waals surface area contributed by atoms with Gasteiger partial charge in [-0.2, -0.15) is 0 Å². The van der Waals surface area contributed by atoms with E-state index in [4.69, 9.17) is 33.4 Å². The van der Waals surface area contributed by atoms with Gasteiger partial charge in [0.25, 0.3) is 5.91 Å². The lowest BCUT2D eigenvalue weighted by Gasteiger charge is -2.26. The van der Waals surface area contributed by atoms with Crippen LogP contribution in [0.1, 0.15) is 0 Å². The number of pyridine rings is 1. The van der Waals surface area contributed by atoms with Gasteiger partial charge in [-0.15, -0.1) is 0 Å². The number of benzene rings is 3. The summed E-state index contributed by atoms with van der Waals surface area (Å²) < 4.78 is 33.6. The van der Waals surface area contributed by atoms with Crippen LogP contribution < -0.4 is 23.7 Å². The molecule has 6 rings (SSSR count). The van der Waals surface area contributed by atoms with Gasteiger partial charge in [0.1, 0.15) is 0 Å². The predicted octanol–water partition coefficient (Wildman–Crippen LogP) is 3.52. The van der Waals surface area contributed by atoms with E-state index in [9.17, 15) is 4.79 Å². The molecule has 1 fully saturated rings. The number of morpholine rings is 1. The molecular weight excluding hydrogens is 452 g/mol. The quantitative estimate of drug-likeness (QED) is 0.405. The smallest absolute Gasteiger partial charge is 0.260 e. The molecule has 1 amide bonds. The summed E-state index contributed by atoms with van der Waals surface area (Å²) in [7, 11) is 3.18. The Balaban J connectivity index is 1.52. The first kappa shape index (κ1) is 21.5. The van der Waals surface area contributed by atoms with Gasteiger partial charge in [0.05, 0.1) is 33.0 Å². The molecule has 0 bridgehead atoms. The van der Waals surface area contributed by atoms with E-state index >= 15 is 0 Å². The van der Waals surface area contributed by atoms with Crippen molar-refractivity contribution in [2.75, 3.05) is 53.9 Å². The molecule has 1 aromatic heterocycles. The lowest BCUT2D eigenvalue weighted by Crippen LogP contribution is -2.43. The summed E-state index contributed by atoms with van der Waals surface area (Å²) in [5, 5.41) is 4.38. The molecule has 9 heteroatoms. The number of methoxy groups -OCH3 is 2. The SMILES string of the molecule is COc1cc2c(OCC(=O)N3CCOCC3)nc3c4cc5c(cc4ccc3c2cc1OC)OCO5. The van der Waals surface area contributed by atoms with Crippen molar-refractivity contribution < 1.29 is 33.2 Å². The zero-order chi connectivity index (χ0) is 23.9. The van der Waals surface area contributed by atoms with Crippen molar-refractivity contribution >= 4 is 38.4 Å². The molecule has 2 aliphatic heterocycles. The summed E-state index contributed by atoms with van der Waals surface area (Å²) in [6.45, 7) is 2.23. The molecule has 0 radical (unpaired) electrons. The van der Waals surface area contributed by atoms with Crippen LogP contribution in [0.15, 0.2) is 36.4 Å². The van der Waals surface area contributed by atoms with E-state index in [0.717, 1.165) is 32.4 Å². The summed E-state index contributed by atoms with van der Waals surface area (Å²) in [4.78, 5) is 19.4. The van der Waals surface area contributed by atoms with Gasteiger partial charge in [0.2, 0.25) is 12.7 Å². The number of rotatable bonds is 5. The summed E-state index contributed by atoms with van der Waals surface area (Å²) >= 11 is 0. The second kappa shape index (κ2) is 8.66. The Hall–Kier alpha value is -3.98. The third kappa shape index (κ3) is 3.68. The highest BCUT2D eigenvalue weighted by atomic mass is 16.7. The molecular formula is C26H24N2O7. The fourth-order valence-corrected chi connectivity index (χ4v) is 4.62. The number of hydrogen-bond donors (Lipinski definition) is 0. The van der Waals surface area contributed by atoms with E-state index in [1.54, 1.807) is 19.1 Å². The molecule has 3 heterocycles. The van der Waals surface area contributed by atoms with Crippen LogP contribution in [0.2, 0.25) is 0 Å². The van der Waals surface area contributed by atoms with E-state index in [0.29, 0.717) is 55.2 Å². The number of hydrogen-bond acceptors (Lipinski definition) is 8. The van der Waals surface area contributed by atoms with E-state index in [1.807, 2.05) is 36.4 Å². The number of amides is 1.